The molecule has 270 valence electrons. The molecule has 4 aromatic rings. The molecule has 1 aromatic heterocycles. The third-order valence-corrected chi connectivity index (χ3v) is 11.7. The Morgan fingerprint density at radius 3 is 2.60 bits per heavy atom. The predicted octanol–water partition coefficient (Wildman–Crippen LogP) is 6.47. The first-order valence-electron chi connectivity index (χ1n) is 17.4. The average molecular weight is 743 g/mol. The highest BCUT2D eigenvalue weighted by Crippen LogP contribution is 2.38. The van der Waals surface area contributed by atoms with Crippen LogP contribution in [0.25, 0.3) is 11.1 Å². The molecule has 7 rings (SSSR count). The van der Waals surface area contributed by atoms with Crippen LogP contribution in [0.5, 0.6) is 23.0 Å². The van der Waals surface area contributed by atoms with Crippen molar-refractivity contribution in [2.24, 2.45) is 0 Å². The maximum Gasteiger partial charge on any atom is 0.250 e. The maximum absolute atomic E-state index is 13.3. The van der Waals surface area contributed by atoms with Gasteiger partial charge in [0, 0.05) is 36.1 Å². The van der Waals surface area contributed by atoms with Crippen molar-refractivity contribution in [3.05, 3.63) is 99.8 Å². The van der Waals surface area contributed by atoms with Crippen molar-refractivity contribution in [1.29, 1.82) is 5.26 Å². The Balaban J connectivity index is 1.13. The second-order valence-corrected chi connectivity index (χ2v) is 15.7. The summed E-state index contributed by atoms with van der Waals surface area (Å²) < 4.78 is 51.7. The van der Waals surface area contributed by atoms with Crippen molar-refractivity contribution < 1.29 is 32.2 Å². The number of hydrogen-bond acceptors (Lipinski definition) is 10. The molecule has 13 heteroatoms. The monoisotopic (exact) mass is 742 g/mol. The van der Waals surface area contributed by atoms with Crippen molar-refractivity contribution in [3.8, 4) is 40.2 Å². The Morgan fingerprint density at radius 2 is 1.79 bits per heavy atom. The van der Waals surface area contributed by atoms with Gasteiger partial charge in [-0.2, -0.15) is 5.26 Å². The first-order valence-corrected chi connectivity index (χ1v) is 19.3. The van der Waals surface area contributed by atoms with Crippen LogP contribution in [-0.2, 0) is 34.6 Å². The number of amides is 1. The molecule has 0 bridgehead atoms. The van der Waals surface area contributed by atoms with Gasteiger partial charge < -0.3 is 18.9 Å². The van der Waals surface area contributed by atoms with E-state index < -0.39 is 27.2 Å². The number of nitrogens with zero attached hydrogens (tertiary/aromatic N) is 3. The summed E-state index contributed by atoms with van der Waals surface area (Å²) in [6.07, 6.45) is 6.47. The van der Waals surface area contributed by atoms with Gasteiger partial charge in [0.15, 0.2) is 11.5 Å². The smallest absolute Gasteiger partial charge is 0.250 e. The van der Waals surface area contributed by atoms with Crippen molar-refractivity contribution in [2.75, 3.05) is 19.8 Å². The van der Waals surface area contributed by atoms with E-state index in [2.05, 4.69) is 28.8 Å². The van der Waals surface area contributed by atoms with Crippen LogP contribution in [0.2, 0.25) is 5.02 Å². The molecule has 11 nitrogen and oxygen atoms in total. The second-order valence-electron chi connectivity index (χ2n) is 13.3. The predicted molar refractivity (Wildman–Crippen MR) is 195 cm³/mol. The maximum atomic E-state index is 13.3. The summed E-state index contributed by atoms with van der Waals surface area (Å²) >= 11 is 6.87. The largest absolute Gasteiger partial charge is 0.488 e. The molecule has 3 aromatic carbocycles. The Labute approximate surface area is 308 Å². The van der Waals surface area contributed by atoms with Crippen molar-refractivity contribution in [1.82, 2.24) is 14.6 Å². The van der Waals surface area contributed by atoms with Crippen LogP contribution >= 0.6 is 11.6 Å². The first-order chi connectivity index (χ1) is 25.2. The van der Waals surface area contributed by atoms with E-state index in [9.17, 15) is 18.5 Å². The summed E-state index contributed by atoms with van der Waals surface area (Å²) in [5.41, 5.74) is 5.90. The van der Waals surface area contributed by atoms with Crippen LogP contribution in [0.3, 0.4) is 0 Å². The van der Waals surface area contributed by atoms with Crippen LogP contribution < -0.4 is 23.7 Å². The van der Waals surface area contributed by atoms with Gasteiger partial charge in [-0.1, -0.05) is 42.3 Å². The van der Waals surface area contributed by atoms with Crippen LogP contribution in [0.1, 0.15) is 59.9 Å². The standard InChI is InChI=1S/C39H39ClN4O7S/c1-25-29(5-4-6-32(25)28-8-11-35-38(17-28)49-14-13-48-35)24-51-37-18-36(50-23-27-15-26(19-41)20-42-21-27)30(16-33(37)40)22-44-12-3-2-7-34(44)39(45)43-52(46,47)31-9-10-31/h4-6,8,11,15-18,20-21,31,34H,2-3,7,9-10,12-14,22-24H2,1H3,(H,43,45)/t34-/m0/s1. The number of aromatic nitrogens is 1. The third kappa shape index (κ3) is 8.12. The SMILES string of the molecule is Cc1c(COc2cc(OCc3cncc(C#N)c3)c(CN3CCCC[C@H]3C(=O)NS(=O)(=O)C3CC3)cc2Cl)cccc1-c1ccc2c(c1)OCCO2. The summed E-state index contributed by atoms with van der Waals surface area (Å²) in [4.78, 5) is 19.4. The molecule has 1 amide bonds. The number of nitrogens with one attached hydrogen (secondary N) is 1. The fourth-order valence-corrected chi connectivity index (χ4v) is 8.20. The normalized spacial score (nSPS) is 17.2. The number of nitriles is 1. The number of carbonyl (C=O) groups excluding carboxylic acids is 1. The number of rotatable bonds is 12. The van der Waals surface area contributed by atoms with E-state index in [1.165, 1.54) is 6.20 Å². The number of likely N-dealkylation sites (tertiary alicyclic amines) is 1. The van der Waals surface area contributed by atoms with Gasteiger partial charge >= 0.3 is 0 Å². The molecule has 0 radical (unpaired) electrons. The Morgan fingerprint density at radius 1 is 0.981 bits per heavy atom. The lowest BCUT2D eigenvalue weighted by molar-refractivity contribution is -0.126. The second kappa shape index (κ2) is 15.4. The van der Waals surface area contributed by atoms with Crippen LogP contribution in [0.15, 0.2) is 67.0 Å². The molecule has 52 heavy (non-hydrogen) atoms. The highest BCUT2D eigenvalue weighted by atomic mass is 35.5. The minimum absolute atomic E-state index is 0.122. The molecule has 1 atom stereocenters. The minimum atomic E-state index is -3.68. The summed E-state index contributed by atoms with van der Waals surface area (Å²) in [6, 6.07) is 18.7. The number of piperidine rings is 1. The minimum Gasteiger partial charge on any atom is -0.488 e. The number of benzene rings is 3. The Bertz CT molecular complexity index is 2130. The molecule has 1 saturated carbocycles. The van der Waals surface area contributed by atoms with E-state index in [4.69, 9.17) is 30.5 Å². The summed E-state index contributed by atoms with van der Waals surface area (Å²) in [5.74, 6) is 1.85. The fraction of sp³-hybridized carbons (Fsp3) is 0.359. The molecule has 0 unspecified atom stereocenters. The molecule has 3 heterocycles. The quantitative estimate of drug-likeness (QED) is 0.172. The summed E-state index contributed by atoms with van der Waals surface area (Å²) in [7, 11) is -3.68. The van der Waals surface area contributed by atoms with Gasteiger partial charge in [0.25, 0.3) is 5.91 Å². The number of hydrogen-bond donors (Lipinski definition) is 1. The number of halogens is 1. The van der Waals surface area contributed by atoms with Crippen LogP contribution in [0, 0.1) is 18.3 Å². The highest BCUT2D eigenvalue weighted by molar-refractivity contribution is 7.90. The number of pyridine rings is 1. The fourth-order valence-electron chi connectivity index (χ4n) is 6.62. The lowest BCUT2D eigenvalue weighted by Gasteiger charge is -2.35. The zero-order valence-corrected chi connectivity index (χ0v) is 30.3. The van der Waals surface area contributed by atoms with Gasteiger partial charge in [-0.15, -0.1) is 0 Å². The Hall–Kier alpha value is -4.83. The topological polar surface area (TPSA) is 140 Å². The van der Waals surface area contributed by atoms with Crippen molar-refractivity contribution >= 4 is 27.5 Å². The molecule has 2 aliphatic heterocycles. The van der Waals surface area contributed by atoms with E-state index in [1.807, 2.05) is 35.2 Å². The van der Waals surface area contributed by atoms with Gasteiger partial charge in [0.05, 0.1) is 21.9 Å². The molecule has 1 saturated heterocycles. The zero-order chi connectivity index (χ0) is 36.2. The van der Waals surface area contributed by atoms with Gasteiger partial charge in [-0.05, 0) is 85.7 Å². The van der Waals surface area contributed by atoms with Gasteiger partial charge in [-0.3, -0.25) is 19.4 Å². The number of fused-ring (bicyclic) bond motifs is 1. The lowest BCUT2D eigenvalue weighted by atomic mass is 9.96. The highest BCUT2D eigenvalue weighted by Gasteiger charge is 2.39. The van der Waals surface area contributed by atoms with E-state index in [0.717, 1.165) is 46.6 Å². The summed E-state index contributed by atoms with van der Waals surface area (Å²) in [5, 5.41) is 9.24. The molecule has 1 N–H and O–H groups in total. The lowest BCUT2D eigenvalue weighted by Crippen LogP contribution is -2.50. The van der Waals surface area contributed by atoms with E-state index in [1.54, 1.807) is 24.4 Å². The third-order valence-electron chi connectivity index (χ3n) is 9.61. The van der Waals surface area contributed by atoms with Gasteiger partial charge in [-0.25, -0.2) is 8.42 Å². The number of carbonyl (C=O) groups is 1. The molecule has 1 aliphatic carbocycles. The molecular weight excluding hydrogens is 704 g/mol. The molecule has 0 spiro atoms. The number of ether oxygens (including phenoxy) is 4. The molecule has 2 fully saturated rings. The molecular formula is C39H39ClN4O7S. The van der Waals surface area contributed by atoms with Gasteiger partial charge in [0.1, 0.15) is 44.0 Å². The van der Waals surface area contributed by atoms with E-state index >= 15 is 0 Å². The Kier molecular flexibility index (Phi) is 10.5. The van der Waals surface area contributed by atoms with E-state index in [-0.39, 0.29) is 13.2 Å². The van der Waals surface area contributed by atoms with Crippen LogP contribution in [-0.4, -0.2) is 55.3 Å². The average Bonchev–Trinajstić information content (AvgIpc) is 4.02. The van der Waals surface area contributed by atoms with E-state index in [0.29, 0.717) is 78.8 Å². The number of sulfonamides is 1. The zero-order valence-electron chi connectivity index (χ0n) is 28.8. The first kappa shape index (κ1) is 35.6. The van der Waals surface area contributed by atoms with Gasteiger partial charge in [0.2, 0.25) is 10.0 Å². The van der Waals surface area contributed by atoms with Crippen LogP contribution in [0.4, 0.5) is 0 Å². The summed E-state index contributed by atoms with van der Waals surface area (Å²) in [6.45, 7) is 4.35. The van der Waals surface area contributed by atoms with Crippen molar-refractivity contribution in [3.63, 3.8) is 0 Å². The van der Waals surface area contributed by atoms with Crippen molar-refractivity contribution in [2.45, 2.75) is 70.1 Å². The molecule has 3 aliphatic rings.